The van der Waals surface area contributed by atoms with Crippen LogP contribution in [-0.4, -0.2) is 50.4 Å². The number of amides is 1. The van der Waals surface area contributed by atoms with Crippen LogP contribution >= 0.6 is 0 Å². The van der Waals surface area contributed by atoms with E-state index in [4.69, 9.17) is 9.47 Å². The summed E-state index contributed by atoms with van der Waals surface area (Å²) in [7, 11) is 0. The number of para-hydroxylation sites is 1. The minimum Gasteiger partial charge on any atom is -0.492 e. The van der Waals surface area contributed by atoms with Crippen molar-refractivity contribution in [3.8, 4) is 5.75 Å². The maximum Gasteiger partial charge on any atom is 0.407 e. The molecule has 0 unspecified atom stereocenters. The van der Waals surface area contributed by atoms with Crippen LogP contribution in [0.4, 0.5) is 4.79 Å². The zero-order valence-corrected chi connectivity index (χ0v) is 16.3. The first-order chi connectivity index (χ1) is 12.4. The van der Waals surface area contributed by atoms with E-state index < -0.39 is 11.7 Å². The fourth-order valence-corrected chi connectivity index (χ4v) is 1.97. The van der Waals surface area contributed by atoms with Crippen molar-refractivity contribution in [3.05, 3.63) is 30.3 Å². The first-order valence-corrected chi connectivity index (χ1v) is 9.07. The standard InChI is InChI=1S/C19H32N4O3/c1-5-20-17(22-14-15-25-16-10-7-6-8-11-16)21-12-9-13-23-18(24)26-19(2,3)4/h6-8,10-11H,5,9,12-15H2,1-4H3,(H,23,24)(H2,20,21,22). The number of aliphatic imine (C=N–C) groups is 1. The summed E-state index contributed by atoms with van der Waals surface area (Å²) in [6.07, 6.45) is 0.334. The Bertz CT molecular complexity index is 541. The monoisotopic (exact) mass is 364 g/mol. The molecule has 26 heavy (non-hydrogen) atoms. The van der Waals surface area contributed by atoms with Gasteiger partial charge in [-0.1, -0.05) is 18.2 Å². The number of benzene rings is 1. The summed E-state index contributed by atoms with van der Waals surface area (Å²) in [6, 6.07) is 9.70. The SMILES string of the molecule is CCNC(=NCCCNC(=O)OC(C)(C)C)NCCOc1ccccc1. The molecule has 0 heterocycles. The van der Waals surface area contributed by atoms with Crippen LogP contribution in [-0.2, 0) is 4.74 Å². The summed E-state index contributed by atoms with van der Waals surface area (Å²) < 4.78 is 10.8. The normalized spacial score (nSPS) is 11.6. The van der Waals surface area contributed by atoms with E-state index in [2.05, 4.69) is 20.9 Å². The summed E-state index contributed by atoms with van der Waals surface area (Å²) in [5.41, 5.74) is -0.480. The molecule has 0 saturated carbocycles. The van der Waals surface area contributed by atoms with Gasteiger partial charge in [-0.2, -0.15) is 0 Å². The molecule has 0 aromatic heterocycles. The van der Waals surface area contributed by atoms with Crippen molar-refractivity contribution < 1.29 is 14.3 Å². The van der Waals surface area contributed by atoms with Crippen LogP contribution in [0.15, 0.2) is 35.3 Å². The molecule has 0 aliphatic heterocycles. The number of guanidine groups is 1. The smallest absolute Gasteiger partial charge is 0.407 e. The molecule has 1 rings (SSSR count). The van der Waals surface area contributed by atoms with Crippen LogP contribution in [0.3, 0.4) is 0 Å². The van der Waals surface area contributed by atoms with Gasteiger partial charge >= 0.3 is 6.09 Å². The van der Waals surface area contributed by atoms with Gasteiger partial charge in [0.1, 0.15) is 18.0 Å². The molecule has 1 aromatic rings. The number of hydrogen-bond acceptors (Lipinski definition) is 4. The van der Waals surface area contributed by atoms with E-state index in [0.29, 0.717) is 26.2 Å². The first kappa shape index (κ1) is 21.6. The minimum absolute atomic E-state index is 0.399. The van der Waals surface area contributed by atoms with E-state index in [1.54, 1.807) is 0 Å². The van der Waals surface area contributed by atoms with Crippen molar-refractivity contribution in [1.82, 2.24) is 16.0 Å². The number of alkyl carbamates (subject to hydrolysis) is 1. The van der Waals surface area contributed by atoms with Gasteiger partial charge in [0.2, 0.25) is 0 Å². The second-order valence-electron chi connectivity index (χ2n) is 6.63. The third-order valence-electron chi connectivity index (χ3n) is 3.02. The molecule has 7 heteroatoms. The Morgan fingerprint density at radius 3 is 2.46 bits per heavy atom. The van der Waals surface area contributed by atoms with Gasteiger partial charge in [0, 0.05) is 19.6 Å². The Hall–Kier alpha value is -2.44. The molecular formula is C19H32N4O3. The summed E-state index contributed by atoms with van der Waals surface area (Å²) in [5.74, 6) is 1.59. The summed E-state index contributed by atoms with van der Waals surface area (Å²) in [5, 5.41) is 9.13. The maximum absolute atomic E-state index is 11.5. The van der Waals surface area contributed by atoms with Crippen LogP contribution in [0.25, 0.3) is 0 Å². The Kier molecular flexibility index (Phi) is 9.97. The number of ether oxygens (including phenoxy) is 2. The van der Waals surface area contributed by atoms with E-state index in [1.807, 2.05) is 58.0 Å². The Morgan fingerprint density at radius 2 is 1.81 bits per heavy atom. The molecule has 3 N–H and O–H groups in total. The number of carbonyl (C=O) groups is 1. The van der Waals surface area contributed by atoms with E-state index in [-0.39, 0.29) is 0 Å². The second-order valence-corrected chi connectivity index (χ2v) is 6.63. The van der Waals surface area contributed by atoms with Gasteiger partial charge in [0.25, 0.3) is 0 Å². The molecular weight excluding hydrogens is 332 g/mol. The highest BCUT2D eigenvalue weighted by molar-refractivity contribution is 5.79. The molecule has 0 aliphatic rings. The van der Waals surface area contributed by atoms with Crippen LogP contribution in [0.2, 0.25) is 0 Å². The lowest BCUT2D eigenvalue weighted by atomic mass is 10.2. The fraction of sp³-hybridized carbons (Fsp3) is 0.579. The quantitative estimate of drug-likeness (QED) is 0.356. The van der Waals surface area contributed by atoms with E-state index in [0.717, 1.165) is 24.7 Å². The maximum atomic E-state index is 11.5. The molecule has 146 valence electrons. The fourth-order valence-electron chi connectivity index (χ4n) is 1.97. The molecule has 0 spiro atoms. The van der Waals surface area contributed by atoms with Crippen LogP contribution < -0.4 is 20.7 Å². The van der Waals surface area contributed by atoms with E-state index in [1.165, 1.54) is 0 Å². The van der Waals surface area contributed by atoms with Gasteiger partial charge < -0.3 is 25.4 Å². The van der Waals surface area contributed by atoms with Crippen molar-refractivity contribution in [3.63, 3.8) is 0 Å². The number of nitrogens with zero attached hydrogens (tertiary/aromatic N) is 1. The van der Waals surface area contributed by atoms with Gasteiger partial charge in [0.05, 0.1) is 6.54 Å². The number of rotatable bonds is 9. The Balaban J connectivity index is 2.20. The molecule has 1 aromatic carbocycles. The van der Waals surface area contributed by atoms with Gasteiger partial charge in [-0.15, -0.1) is 0 Å². The Morgan fingerprint density at radius 1 is 1.08 bits per heavy atom. The highest BCUT2D eigenvalue weighted by Crippen LogP contribution is 2.07. The van der Waals surface area contributed by atoms with E-state index in [9.17, 15) is 4.79 Å². The first-order valence-electron chi connectivity index (χ1n) is 9.07. The summed E-state index contributed by atoms with van der Waals surface area (Å²) in [4.78, 5) is 16.0. The summed E-state index contributed by atoms with van der Waals surface area (Å²) >= 11 is 0. The largest absolute Gasteiger partial charge is 0.492 e. The lowest BCUT2D eigenvalue weighted by molar-refractivity contribution is 0.0527. The van der Waals surface area contributed by atoms with Crippen LogP contribution in [0, 0.1) is 0 Å². The van der Waals surface area contributed by atoms with Crippen LogP contribution in [0.5, 0.6) is 5.75 Å². The number of hydrogen-bond donors (Lipinski definition) is 3. The van der Waals surface area contributed by atoms with E-state index >= 15 is 0 Å². The molecule has 0 saturated heterocycles. The lowest BCUT2D eigenvalue weighted by Crippen LogP contribution is -2.39. The van der Waals surface area contributed by atoms with Gasteiger partial charge in [-0.25, -0.2) is 4.79 Å². The highest BCUT2D eigenvalue weighted by Gasteiger charge is 2.15. The Labute approximate surface area is 156 Å². The number of carbonyl (C=O) groups excluding carboxylic acids is 1. The van der Waals surface area contributed by atoms with Gasteiger partial charge in [-0.3, -0.25) is 4.99 Å². The van der Waals surface area contributed by atoms with Crippen molar-refractivity contribution >= 4 is 12.1 Å². The van der Waals surface area contributed by atoms with Crippen molar-refractivity contribution in [1.29, 1.82) is 0 Å². The summed E-state index contributed by atoms with van der Waals surface area (Å²) in [6.45, 7) is 10.6. The molecule has 7 nitrogen and oxygen atoms in total. The molecule has 0 radical (unpaired) electrons. The zero-order valence-electron chi connectivity index (χ0n) is 16.3. The highest BCUT2D eigenvalue weighted by atomic mass is 16.6. The van der Waals surface area contributed by atoms with Gasteiger partial charge in [-0.05, 0) is 46.2 Å². The van der Waals surface area contributed by atoms with Crippen molar-refractivity contribution in [2.24, 2.45) is 4.99 Å². The predicted octanol–water partition coefficient (Wildman–Crippen LogP) is 2.54. The molecule has 0 fully saturated rings. The molecule has 0 bridgehead atoms. The zero-order chi connectivity index (χ0) is 19.3. The number of nitrogens with one attached hydrogen (secondary N) is 3. The van der Waals surface area contributed by atoms with Crippen LogP contribution in [0.1, 0.15) is 34.1 Å². The van der Waals surface area contributed by atoms with Gasteiger partial charge in [0.15, 0.2) is 5.96 Å². The average molecular weight is 364 g/mol. The third-order valence-corrected chi connectivity index (χ3v) is 3.02. The second kappa shape index (κ2) is 12.0. The lowest BCUT2D eigenvalue weighted by Gasteiger charge is -2.19. The molecule has 1 amide bonds. The molecule has 0 aliphatic carbocycles. The average Bonchev–Trinajstić information content (AvgIpc) is 2.57. The minimum atomic E-state index is -0.480. The molecule has 0 atom stereocenters. The predicted molar refractivity (Wildman–Crippen MR) is 105 cm³/mol. The van der Waals surface area contributed by atoms with Crippen molar-refractivity contribution in [2.75, 3.05) is 32.8 Å². The third kappa shape index (κ3) is 11.2. The topological polar surface area (TPSA) is 84.0 Å². The van der Waals surface area contributed by atoms with Crippen molar-refractivity contribution in [2.45, 2.75) is 39.7 Å².